The highest BCUT2D eigenvalue weighted by Gasteiger charge is 2.38. The van der Waals surface area contributed by atoms with Crippen LogP contribution in [0.1, 0.15) is 52.1 Å². The van der Waals surface area contributed by atoms with Gasteiger partial charge in [0, 0.05) is 35.6 Å². The van der Waals surface area contributed by atoms with Gasteiger partial charge < -0.3 is 14.4 Å². The summed E-state index contributed by atoms with van der Waals surface area (Å²) in [6, 6.07) is 19.6. The number of benzene rings is 3. The van der Waals surface area contributed by atoms with Crippen molar-refractivity contribution in [2.45, 2.75) is 45.8 Å². The number of fused-ring (bicyclic) bond motifs is 1. The monoisotopic (exact) mass is 585 g/mol. The zero-order valence-electron chi connectivity index (χ0n) is 23.6. The minimum Gasteiger partial charge on any atom is -0.478 e. The minimum absolute atomic E-state index is 0.00845. The Hall–Kier alpha value is -4.66. The first-order valence-electron chi connectivity index (χ1n) is 14.2. The van der Waals surface area contributed by atoms with Gasteiger partial charge in [-0.2, -0.15) is 0 Å². The number of rotatable bonds is 10. The molecule has 9 heteroatoms. The lowest BCUT2D eigenvalue weighted by atomic mass is 9.69. The van der Waals surface area contributed by atoms with E-state index >= 15 is 4.39 Å². The molecule has 1 aliphatic rings. The molecule has 0 amide bonds. The van der Waals surface area contributed by atoms with Gasteiger partial charge in [-0.05, 0) is 67.3 Å². The Labute approximate surface area is 246 Å². The van der Waals surface area contributed by atoms with Crippen molar-refractivity contribution in [3.63, 3.8) is 0 Å². The van der Waals surface area contributed by atoms with Crippen LogP contribution in [0.2, 0.25) is 0 Å². The van der Waals surface area contributed by atoms with Gasteiger partial charge in [0.05, 0.1) is 29.0 Å². The van der Waals surface area contributed by atoms with E-state index in [2.05, 4.69) is 4.98 Å². The number of imidazole rings is 1. The molecule has 1 saturated carbocycles. The Morgan fingerprint density at radius 3 is 2.47 bits per heavy atom. The largest absolute Gasteiger partial charge is 0.478 e. The zero-order valence-corrected chi connectivity index (χ0v) is 23.6. The van der Waals surface area contributed by atoms with Crippen LogP contribution in [0.5, 0.6) is 5.88 Å². The second-order valence-electron chi connectivity index (χ2n) is 11.3. The van der Waals surface area contributed by atoms with Gasteiger partial charge in [0.1, 0.15) is 24.1 Å². The highest BCUT2D eigenvalue weighted by molar-refractivity contribution is 5.92. The first-order chi connectivity index (χ1) is 20.7. The topological polar surface area (TPSA) is 77.2 Å². The lowest BCUT2D eigenvalue weighted by molar-refractivity contribution is 0.0692. The first-order valence-corrected chi connectivity index (χ1v) is 14.2. The third-order valence-corrected chi connectivity index (χ3v) is 8.27. The summed E-state index contributed by atoms with van der Waals surface area (Å²) in [6.07, 6.45) is 2.55. The number of carbonyl (C=O) groups is 1. The summed E-state index contributed by atoms with van der Waals surface area (Å²) in [5.74, 6) is -1.04. The van der Waals surface area contributed by atoms with Gasteiger partial charge in [-0.3, -0.25) is 4.39 Å². The molecular formula is C34H30F3N3O3. The summed E-state index contributed by atoms with van der Waals surface area (Å²) in [7, 11) is 0. The predicted molar refractivity (Wildman–Crippen MR) is 157 cm³/mol. The summed E-state index contributed by atoms with van der Waals surface area (Å²) in [5, 5.41) is 9.52. The zero-order chi connectivity index (χ0) is 30.1. The van der Waals surface area contributed by atoms with Gasteiger partial charge in [-0.15, -0.1) is 0 Å². The lowest BCUT2D eigenvalue weighted by Gasteiger charge is -2.40. The van der Waals surface area contributed by atoms with E-state index < -0.39 is 23.9 Å². The Kier molecular flexibility index (Phi) is 7.64. The second-order valence-corrected chi connectivity index (χ2v) is 11.3. The SMILES string of the molecule is Cc1ccc(COc2cccc(-c3ccc(Cc4nc5ccc(C(=O)O)cc5n4CC4(CF)CCC4)c(F)c3)n2)c(F)c1. The predicted octanol–water partition coefficient (Wildman–Crippen LogP) is 7.69. The van der Waals surface area contributed by atoms with Gasteiger partial charge in [-0.1, -0.05) is 36.8 Å². The van der Waals surface area contributed by atoms with Crippen LogP contribution >= 0.6 is 0 Å². The smallest absolute Gasteiger partial charge is 0.335 e. The number of carboxylic acids is 1. The van der Waals surface area contributed by atoms with E-state index in [4.69, 9.17) is 9.72 Å². The summed E-state index contributed by atoms with van der Waals surface area (Å²) in [5.41, 5.74) is 3.43. The molecule has 43 heavy (non-hydrogen) atoms. The van der Waals surface area contributed by atoms with E-state index in [9.17, 15) is 18.7 Å². The van der Waals surface area contributed by atoms with Crippen molar-refractivity contribution in [3.8, 4) is 17.1 Å². The molecule has 220 valence electrons. The molecule has 0 unspecified atom stereocenters. The van der Waals surface area contributed by atoms with Crippen molar-refractivity contribution >= 4 is 17.0 Å². The lowest BCUT2D eigenvalue weighted by Crippen LogP contribution is -2.36. The maximum absolute atomic E-state index is 15.5. The Morgan fingerprint density at radius 2 is 1.77 bits per heavy atom. The van der Waals surface area contributed by atoms with Gasteiger partial charge in [-0.25, -0.2) is 23.5 Å². The summed E-state index contributed by atoms with van der Waals surface area (Å²) < 4.78 is 51.4. The number of aryl methyl sites for hydroxylation is 1. The molecule has 3 aromatic carbocycles. The van der Waals surface area contributed by atoms with Gasteiger partial charge >= 0.3 is 5.97 Å². The average Bonchev–Trinajstić information content (AvgIpc) is 3.31. The fourth-order valence-corrected chi connectivity index (χ4v) is 5.56. The summed E-state index contributed by atoms with van der Waals surface area (Å²) >= 11 is 0. The van der Waals surface area contributed by atoms with E-state index in [1.165, 1.54) is 18.2 Å². The molecule has 0 saturated heterocycles. The van der Waals surface area contributed by atoms with E-state index in [1.54, 1.807) is 48.5 Å². The molecule has 6 nitrogen and oxygen atoms in total. The Bertz CT molecular complexity index is 1830. The van der Waals surface area contributed by atoms with Crippen LogP contribution in [0.15, 0.2) is 72.8 Å². The number of alkyl halides is 1. The molecule has 2 aromatic heterocycles. The van der Waals surface area contributed by atoms with Crippen molar-refractivity contribution in [2.24, 2.45) is 5.41 Å². The molecular weight excluding hydrogens is 555 g/mol. The normalized spacial score (nSPS) is 14.0. The summed E-state index contributed by atoms with van der Waals surface area (Å²) in [4.78, 5) is 20.8. The van der Waals surface area contributed by atoms with E-state index in [1.807, 2.05) is 17.6 Å². The van der Waals surface area contributed by atoms with Crippen LogP contribution in [0, 0.1) is 24.0 Å². The van der Waals surface area contributed by atoms with Crippen molar-refractivity contribution in [1.29, 1.82) is 0 Å². The maximum Gasteiger partial charge on any atom is 0.335 e. The van der Waals surface area contributed by atoms with Crippen LogP contribution in [0.25, 0.3) is 22.3 Å². The van der Waals surface area contributed by atoms with E-state index in [0.717, 1.165) is 24.8 Å². The van der Waals surface area contributed by atoms with Crippen LogP contribution in [-0.2, 0) is 19.6 Å². The molecule has 1 aliphatic carbocycles. The molecule has 5 aromatic rings. The number of hydrogen-bond acceptors (Lipinski definition) is 4. The van der Waals surface area contributed by atoms with Crippen LogP contribution in [-0.4, -0.2) is 32.3 Å². The molecule has 1 fully saturated rings. The van der Waals surface area contributed by atoms with Crippen molar-refractivity contribution in [1.82, 2.24) is 14.5 Å². The van der Waals surface area contributed by atoms with Crippen molar-refractivity contribution in [2.75, 3.05) is 6.67 Å². The van der Waals surface area contributed by atoms with Gasteiger partial charge in [0.25, 0.3) is 0 Å². The molecule has 6 rings (SSSR count). The summed E-state index contributed by atoms with van der Waals surface area (Å²) in [6.45, 7) is 1.69. The number of aromatic carboxylic acids is 1. The second kappa shape index (κ2) is 11.6. The minimum atomic E-state index is -1.06. The molecule has 0 bridgehead atoms. The number of pyridine rings is 1. The number of nitrogens with zero attached hydrogens (tertiary/aromatic N) is 3. The van der Waals surface area contributed by atoms with Crippen LogP contribution < -0.4 is 4.74 Å². The highest BCUT2D eigenvalue weighted by Crippen LogP contribution is 2.43. The molecule has 0 atom stereocenters. The molecule has 0 spiro atoms. The fourth-order valence-electron chi connectivity index (χ4n) is 5.56. The van der Waals surface area contributed by atoms with E-state index in [0.29, 0.717) is 45.8 Å². The standard InChI is InChI=1S/C34H30F3N3O3/c1-21-6-7-25(26(36)14-21)18-43-32-5-2-4-28(39-32)23-9-8-22(27(37)15-23)17-31-38-29-11-10-24(33(41)42)16-30(29)40(31)20-34(19-35)12-3-13-34/h2,4-11,14-16H,3,12-13,17-20H2,1H3,(H,41,42). The molecule has 0 aliphatic heterocycles. The molecule has 1 N–H and O–H groups in total. The van der Waals surface area contributed by atoms with Crippen molar-refractivity contribution in [3.05, 3.63) is 113 Å². The Balaban J connectivity index is 1.26. The number of halogens is 3. The van der Waals surface area contributed by atoms with Gasteiger partial charge in [0.15, 0.2) is 0 Å². The fraction of sp³-hybridized carbons (Fsp3) is 0.265. The number of ether oxygens (including phenoxy) is 1. The number of aromatic nitrogens is 3. The third kappa shape index (κ3) is 5.84. The van der Waals surface area contributed by atoms with Crippen molar-refractivity contribution < 1.29 is 27.8 Å². The Morgan fingerprint density at radius 1 is 0.977 bits per heavy atom. The van der Waals surface area contributed by atoms with Crippen LogP contribution in [0.4, 0.5) is 13.2 Å². The maximum atomic E-state index is 15.5. The highest BCUT2D eigenvalue weighted by atomic mass is 19.1. The van der Waals surface area contributed by atoms with Crippen LogP contribution in [0.3, 0.4) is 0 Å². The van der Waals surface area contributed by atoms with Gasteiger partial charge in [0.2, 0.25) is 5.88 Å². The number of hydrogen-bond donors (Lipinski definition) is 1. The first kappa shape index (κ1) is 28.5. The molecule has 2 heterocycles. The average molecular weight is 586 g/mol. The molecule has 0 radical (unpaired) electrons. The quantitative estimate of drug-likeness (QED) is 0.182. The number of carboxylic acid groups (broad SMARTS) is 1. The van der Waals surface area contributed by atoms with E-state index in [-0.39, 0.29) is 30.3 Å². The third-order valence-electron chi connectivity index (χ3n) is 8.27.